The topological polar surface area (TPSA) is 73.1 Å². The van der Waals surface area contributed by atoms with Gasteiger partial charge in [-0.1, -0.05) is 5.16 Å². The second-order valence-corrected chi connectivity index (χ2v) is 4.60. The number of ether oxygens (including phenoxy) is 1. The Balaban J connectivity index is 1.72. The Labute approximate surface area is 111 Å². The summed E-state index contributed by atoms with van der Waals surface area (Å²) in [5, 5.41) is 7.40. The molecule has 0 spiro atoms. The van der Waals surface area contributed by atoms with Crippen molar-refractivity contribution in [3.05, 3.63) is 24.2 Å². The molecule has 1 saturated heterocycles. The fourth-order valence-electron chi connectivity index (χ4n) is 2.23. The van der Waals surface area contributed by atoms with Crippen LogP contribution in [0, 0.1) is 0 Å². The Morgan fingerprint density at radius 2 is 2.42 bits per heavy atom. The SMILES string of the molecule is COc1ccc(-c2noc(CC3CCCN3)n2)cn1. The normalized spacial score (nSPS) is 18.7. The molecule has 1 N–H and O–H groups in total. The van der Waals surface area contributed by atoms with E-state index in [-0.39, 0.29) is 0 Å². The van der Waals surface area contributed by atoms with Gasteiger partial charge in [0.1, 0.15) is 0 Å². The fourth-order valence-corrected chi connectivity index (χ4v) is 2.23. The van der Waals surface area contributed by atoms with Gasteiger partial charge in [0.15, 0.2) is 0 Å². The van der Waals surface area contributed by atoms with Crippen LogP contribution in [0.2, 0.25) is 0 Å². The van der Waals surface area contributed by atoms with Crippen LogP contribution < -0.4 is 10.1 Å². The van der Waals surface area contributed by atoms with Crippen molar-refractivity contribution in [2.45, 2.75) is 25.3 Å². The zero-order valence-electron chi connectivity index (χ0n) is 10.8. The minimum atomic E-state index is 0.460. The minimum Gasteiger partial charge on any atom is -0.481 e. The van der Waals surface area contributed by atoms with Crippen molar-refractivity contribution in [1.82, 2.24) is 20.4 Å². The number of nitrogens with zero attached hydrogens (tertiary/aromatic N) is 3. The standard InChI is InChI=1S/C13H16N4O2/c1-18-11-5-4-9(8-15-11)13-16-12(19-17-13)7-10-3-2-6-14-10/h4-5,8,10,14H,2-3,6-7H2,1H3. The van der Waals surface area contributed by atoms with Crippen LogP contribution in [0.1, 0.15) is 18.7 Å². The lowest BCUT2D eigenvalue weighted by Crippen LogP contribution is -2.23. The average molecular weight is 260 g/mol. The van der Waals surface area contributed by atoms with E-state index in [1.165, 1.54) is 12.8 Å². The van der Waals surface area contributed by atoms with Crippen molar-refractivity contribution >= 4 is 0 Å². The van der Waals surface area contributed by atoms with Crippen molar-refractivity contribution in [3.63, 3.8) is 0 Å². The number of rotatable bonds is 4. The Morgan fingerprint density at radius 1 is 1.47 bits per heavy atom. The van der Waals surface area contributed by atoms with Gasteiger partial charge in [-0.3, -0.25) is 0 Å². The van der Waals surface area contributed by atoms with Crippen LogP contribution in [-0.4, -0.2) is 34.8 Å². The van der Waals surface area contributed by atoms with E-state index in [9.17, 15) is 0 Å². The Hall–Kier alpha value is -1.95. The zero-order valence-corrected chi connectivity index (χ0v) is 10.8. The molecule has 1 unspecified atom stereocenters. The highest BCUT2D eigenvalue weighted by Crippen LogP contribution is 2.18. The molecule has 0 radical (unpaired) electrons. The molecule has 1 atom stereocenters. The summed E-state index contributed by atoms with van der Waals surface area (Å²) in [5.41, 5.74) is 0.829. The van der Waals surface area contributed by atoms with Gasteiger partial charge >= 0.3 is 0 Å². The molecule has 0 aliphatic carbocycles. The molecule has 6 heteroatoms. The summed E-state index contributed by atoms with van der Waals surface area (Å²) in [6, 6.07) is 4.11. The van der Waals surface area contributed by atoms with E-state index in [0.29, 0.717) is 23.6 Å². The third-order valence-electron chi connectivity index (χ3n) is 3.26. The molecule has 0 saturated carbocycles. The third kappa shape index (κ3) is 2.73. The lowest BCUT2D eigenvalue weighted by Gasteiger charge is -2.04. The van der Waals surface area contributed by atoms with Crippen LogP contribution in [0.3, 0.4) is 0 Å². The summed E-state index contributed by atoms with van der Waals surface area (Å²) in [5.74, 6) is 1.82. The van der Waals surface area contributed by atoms with Crippen molar-refractivity contribution in [1.29, 1.82) is 0 Å². The van der Waals surface area contributed by atoms with E-state index < -0.39 is 0 Å². The van der Waals surface area contributed by atoms with Crippen LogP contribution in [0.4, 0.5) is 0 Å². The van der Waals surface area contributed by atoms with Gasteiger partial charge in [-0.2, -0.15) is 4.98 Å². The molecule has 2 aromatic rings. The molecule has 0 aromatic carbocycles. The third-order valence-corrected chi connectivity index (χ3v) is 3.26. The highest BCUT2D eigenvalue weighted by atomic mass is 16.5. The first-order valence-corrected chi connectivity index (χ1v) is 6.41. The summed E-state index contributed by atoms with van der Waals surface area (Å²) in [7, 11) is 1.59. The first-order chi connectivity index (χ1) is 9.35. The Morgan fingerprint density at radius 3 is 3.11 bits per heavy atom. The van der Waals surface area contributed by atoms with Crippen LogP contribution in [-0.2, 0) is 6.42 Å². The molecule has 100 valence electrons. The summed E-state index contributed by atoms with van der Waals surface area (Å²) >= 11 is 0. The highest BCUT2D eigenvalue weighted by Gasteiger charge is 2.18. The van der Waals surface area contributed by atoms with Gasteiger partial charge in [0.25, 0.3) is 0 Å². The number of hydrogen-bond donors (Lipinski definition) is 1. The van der Waals surface area contributed by atoms with Crippen LogP contribution in [0.5, 0.6) is 5.88 Å². The molecule has 6 nitrogen and oxygen atoms in total. The first kappa shape index (κ1) is 12.1. The minimum absolute atomic E-state index is 0.460. The van der Waals surface area contributed by atoms with Gasteiger partial charge in [-0.15, -0.1) is 0 Å². The molecule has 0 bridgehead atoms. The second-order valence-electron chi connectivity index (χ2n) is 4.60. The second kappa shape index (κ2) is 5.36. The van der Waals surface area contributed by atoms with E-state index in [1.807, 2.05) is 6.07 Å². The summed E-state index contributed by atoms with van der Waals surface area (Å²) in [6.45, 7) is 1.08. The van der Waals surface area contributed by atoms with Gasteiger partial charge in [0, 0.05) is 30.3 Å². The van der Waals surface area contributed by atoms with Crippen LogP contribution in [0.15, 0.2) is 22.9 Å². The maximum absolute atomic E-state index is 5.28. The molecular weight excluding hydrogens is 244 g/mol. The molecule has 3 rings (SSSR count). The monoisotopic (exact) mass is 260 g/mol. The van der Waals surface area contributed by atoms with Gasteiger partial charge in [-0.25, -0.2) is 4.98 Å². The van der Waals surface area contributed by atoms with E-state index in [2.05, 4.69) is 20.4 Å². The van der Waals surface area contributed by atoms with Crippen LogP contribution >= 0.6 is 0 Å². The molecule has 1 aliphatic rings. The van der Waals surface area contributed by atoms with Crippen molar-refractivity contribution < 1.29 is 9.26 Å². The molecule has 1 fully saturated rings. The first-order valence-electron chi connectivity index (χ1n) is 6.41. The number of pyridine rings is 1. The maximum atomic E-state index is 5.28. The predicted molar refractivity (Wildman–Crippen MR) is 68.8 cm³/mol. The van der Waals surface area contributed by atoms with Crippen LogP contribution in [0.25, 0.3) is 11.4 Å². The predicted octanol–water partition coefficient (Wildman–Crippen LogP) is 1.43. The van der Waals surface area contributed by atoms with Gasteiger partial charge in [0.2, 0.25) is 17.6 Å². The van der Waals surface area contributed by atoms with Gasteiger partial charge in [-0.05, 0) is 25.5 Å². The highest BCUT2D eigenvalue weighted by molar-refractivity contribution is 5.52. The number of methoxy groups -OCH3 is 1. The lowest BCUT2D eigenvalue weighted by atomic mass is 10.1. The van der Waals surface area contributed by atoms with E-state index in [1.54, 1.807) is 19.4 Å². The number of nitrogens with one attached hydrogen (secondary N) is 1. The molecule has 19 heavy (non-hydrogen) atoms. The molecular formula is C13H16N4O2. The molecule has 3 heterocycles. The molecule has 1 aliphatic heterocycles. The maximum Gasteiger partial charge on any atom is 0.228 e. The van der Waals surface area contributed by atoms with E-state index in [0.717, 1.165) is 18.5 Å². The van der Waals surface area contributed by atoms with Crippen molar-refractivity contribution in [2.75, 3.05) is 13.7 Å². The van der Waals surface area contributed by atoms with E-state index >= 15 is 0 Å². The smallest absolute Gasteiger partial charge is 0.228 e. The number of aromatic nitrogens is 3. The molecule has 2 aromatic heterocycles. The summed E-state index contributed by atoms with van der Waals surface area (Å²) in [6.07, 6.45) is 4.85. The quantitative estimate of drug-likeness (QED) is 0.896. The number of hydrogen-bond acceptors (Lipinski definition) is 6. The summed E-state index contributed by atoms with van der Waals surface area (Å²) < 4.78 is 10.3. The fraction of sp³-hybridized carbons (Fsp3) is 0.462. The van der Waals surface area contributed by atoms with Gasteiger partial charge < -0.3 is 14.6 Å². The Bertz CT molecular complexity index is 532. The van der Waals surface area contributed by atoms with Crippen molar-refractivity contribution in [3.8, 4) is 17.3 Å². The average Bonchev–Trinajstić information content (AvgIpc) is 3.11. The van der Waals surface area contributed by atoms with Gasteiger partial charge in [0.05, 0.1) is 7.11 Å². The zero-order chi connectivity index (χ0) is 13.1. The molecule has 0 amide bonds. The van der Waals surface area contributed by atoms with E-state index in [4.69, 9.17) is 9.26 Å². The summed E-state index contributed by atoms with van der Waals surface area (Å²) in [4.78, 5) is 8.53. The largest absolute Gasteiger partial charge is 0.481 e. The lowest BCUT2D eigenvalue weighted by molar-refractivity contribution is 0.364. The van der Waals surface area contributed by atoms with Crippen molar-refractivity contribution in [2.24, 2.45) is 0 Å². The Kier molecular flexibility index (Phi) is 3.41.